The largest absolute Gasteiger partial charge is 0.480 e. The van der Waals surface area contributed by atoms with Crippen molar-refractivity contribution in [1.29, 1.82) is 0 Å². The first-order chi connectivity index (χ1) is 8.47. The van der Waals surface area contributed by atoms with Crippen molar-refractivity contribution in [3.63, 3.8) is 0 Å². The molecule has 2 fully saturated rings. The molecule has 0 spiro atoms. The molecule has 0 aromatic heterocycles. The predicted molar refractivity (Wildman–Crippen MR) is 65.1 cm³/mol. The zero-order valence-electron chi connectivity index (χ0n) is 11.0. The monoisotopic (exact) mass is 255 g/mol. The Morgan fingerprint density at radius 2 is 2.11 bits per heavy atom. The number of carbonyl (C=O) groups excluding carboxylic acids is 1. The Morgan fingerprint density at radius 3 is 2.67 bits per heavy atom. The normalized spacial score (nSPS) is 36.7. The van der Waals surface area contributed by atoms with E-state index in [2.05, 4.69) is 0 Å². The Morgan fingerprint density at radius 1 is 1.39 bits per heavy atom. The average Bonchev–Trinajstić information content (AvgIpc) is 2.75. The van der Waals surface area contributed by atoms with Crippen LogP contribution >= 0.6 is 0 Å². The van der Waals surface area contributed by atoms with Crippen molar-refractivity contribution in [2.24, 2.45) is 5.92 Å². The van der Waals surface area contributed by atoms with Gasteiger partial charge in [0.1, 0.15) is 11.6 Å². The van der Waals surface area contributed by atoms with Gasteiger partial charge in [0, 0.05) is 13.2 Å². The van der Waals surface area contributed by atoms with Gasteiger partial charge in [0.2, 0.25) is 0 Å². The summed E-state index contributed by atoms with van der Waals surface area (Å²) in [5.41, 5.74) is -1.07. The van der Waals surface area contributed by atoms with Crippen LogP contribution in [0, 0.1) is 5.92 Å². The van der Waals surface area contributed by atoms with Gasteiger partial charge in [0.25, 0.3) is 5.91 Å². The van der Waals surface area contributed by atoms with Crippen molar-refractivity contribution in [3.05, 3.63) is 0 Å². The molecule has 1 amide bonds. The maximum absolute atomic E-state index is 12.5. The van der Waals surface area contributed by atoms with E-state index >= 15 is 0 Å². The summed E-state index contributed by atoms with van der Waals surface area (Å²) < 4.78 is 5.47. The highest BCUT2D eigenvalue weighted by atomic mass is 16.5. The third-order valence-electron chi connectivity index (χ3n) is 4.25. The average molecular weight is 255 g/mol. The zero-order chi connectivity index (χ0) is 13.3. The number of hydrogen-bond donors (Lipinski definition) is 1. The van der Waals surface area contributed by atoms with Gasteiger partial charge in [-0.3, -0.25) is 4.79 Å². The number of aliphatic carboxylic acids is 1. The van der Waals surface area contributed by atoms with Gasteiger partial charge in [0.05, 0.1) is 0 Å². The lowest BCUT2D eigenvalue weighted by atomic mass is 9.87. The number of likely N-dealkylation sites (tertiary alicyclic amines) is 1. The Balaban J connectivity index is 2.18. The standard InChI is InChI=1S/C13H21NO4/c1-9-5-8-18-10(9)11(15)14-7-4-3-6-13(14,2)12(16)17/h9-10H,3-8H2,1-2H3,(H,16,17). The van der Waals surface area contributed by atoms with Crippen molar-refractivity contribution in [3.8, 4) is 0 Å². The second kappa shape index (κ2) is 4.88. The minimum absolute atomic E-state index is 0.149. The molecule has 2 heterocycles. The van der Waals surface area contributed by atoms with Crippen LogP contribution in [0.15, 0.2) is 0 Å². The number of rotatable bonds is 2. The summed E-state index contributed by atoms with van der Waals surface area (Å²) >= 11 is 0. The Labute approximate surface area is 107 Å². The molecule has 0 aromatic rings. The molecule has 0 saturated carbocycles. The highest BCUT2D eigenvalue weighted by Gasteiger charge is 2.47. The van der Waals surface area contributed by atoms with E-state index in [9.17, 15) is 14.7 Å². The Bertz CT molecular complexity index is 357. The molecule has 2 saturated heterocycles. The summed E-state index contributed by atoms with van der Waals surface area (Å²) in [6, 6.07) is 0. The number of piperidine rings is 1. The number of ether oxygens (including phenoxy) is 1. The van der Waals surface area contributed by atoms with Crippen LogP contribution in [0.3, 0.4) is 0 Å². The molecule has 5 heteroatoms. The first-order valence-electron chi connectivity index (χ1n) is 6.63. The fourth-order valence-corrected chi connectivity index (χ4v) is 2.86. The molecule has 0 aromatic carbocycles. The first-order valence-corrected chi connectivity index (χ1v) is 6.63. The van der Waals surface area contributed by atoms with Crippen molar-refractivity contribution >= 4 is 11.9 Å². The van der Waals surface area contributed by atoms with Crippen LogP contribution in [-0.2, 0) is 14.3 Å². The molecule has 0 radical (unpaired) electrons. The van der Waals surface area contributed by atoms with E-state index in [0.717, 1.165) is 19.3 Å². The summed E-state index contributed by atoms with van der Waals surface area (Å²) in [4.78, 5) is 25.4. The second-order valence-electron chi connectivity index (χ2n) is 5.58. The van der Waals surface area contributed by atoms with E-state index in [-0.39, 0.29) is 11.8 Å². The SMILES string of the molecule is CC1CCOC1C(=O)N1CCCCC1(C)C(=O)O. The summed E-state index contributed by atoms with van der Waals surface area (Å²) in [5.74, 6) is -0.886. The van der Waals surface area contributed by atoms with Crippen molar-refractivity contribution in [2.75, 3.05) is 13.2 Å². The van der Waals surface area contributed by atoms with Gasteiger partial charge in [-0.25, -0.2) is 4.79 Å². The highest BCUT2D eigenvalue weighted by Crippen LogP contribution is 2.31. The van der Waals surface area contributed by atoms with Gasteiger partial charge < -0.3 is 14.7 Å². The van der Waals surface area contributed by atoms with E-state index in [0.29, 0.717) is 19.6 Å². The number of nitrogens with zero attached hydrogens (tertiary/aromatic N) is 1. The minimum Gasteiger partial charge on any atom is -0.480 e. The molecule has 3 atom stereocenters. The molecule has 0 bridgehead atoms. The molecule has 5 nitrogen and oxygen atoms in total. The van der Waals surface area contributed by atoms with Gasteiger partial charge in [-0.15, -0.1) is 0 Å². The van der Waals surface area contributed by atoms with Crippen LogP contribution in [0.2, 0.25) is 0 Å². The predicted octanol–water partition coefficient (Wildman–Crippen LogP) is 1.27. The number of carbonyl (C=O) groups is 2. The van der Waals surface area contributed by atoms with E-state index in [1.807, 2.05) is 6.92 Å². The number of carboxylic acids is 1. The van der Waals surface area contributed by atoms with Crippen molar-refractivity contribution < 1.29 is 19.4 Å². The van der Waals surface area contributed by atoms with Crippen LogP contribution < -0.4 is 0 Å². The molecule has 102 valence electrons. The van der Waals surface area contributed by atoms with E-state index in [1.165, 1.54) is 4.90 Å². The number of amides is 1. The molecule has 2 rings (SSSR count). The van der Waals surface area contributed by atoms with Crippen molar-refractivity contribution in [1.82, 2.24) is 4.90 Å². The minimum atomic E-state index is -1.07. The third kappa shape index (κ3) is 2.11. The molecule has 3 unspecified atom stereocenters. The smallest absolute Gasteiger partial charge is 0.329 e. The Kier molecular flexibility index (Phi) is 3.61. The first kappa shape index (κ1) is 13.3. The molecular formula is C13H21NO4. The van der Waals surface area contributed by atoms with Crippen LogP contribution in [0.25, 0.3) is 0 Å². The highest BCUT2D eigenvalue weighted by molar-refractivity contribution is 5.89. The van der Waals surface area contributed by atoms with Crippen LogP contribution in [0.4, 0.5) is 0 Å². The summed E-state index contributed by atoms with van der Waals surface area (Å²) in [6.45, 7) is 4.74. The van der Waals surface area contributed by atoms with Crippen molar-refractivity contribution in [2.45, 2.75) is 51.2 Å². The maximum Gasteiger partial charge on any atom is 0.329 e. The zero-order valence-corrected chi connectivity index (χ0v) is 11.0. The fourth-order valence-electron chi connectivity index (χ4n) is 2.86. The van der Waals surface area contributed by atoms with E-state index in [1.54, 1.807) is 6.92 Å². The molecule has 2 aliphatic rings. The molecular weight excluding hydrogens is 234 g/mol. The van der Waals surface area contributed by atoms with Crippen LogP contribution in [0.5, 0.6) is 0 Å². The van der Waals surface area contributed by atoms with E-state index < -0.39 is 17.6 Å². The molecule has 0 aliphatic carbocycles. The molecule has 18 heavy (non-hydrogen) atoms. The fraction of sp³-hybridized carbons (Fsp3) is 0.846. The second-order valence-corrected chi connectivity index (χ2v) is 5.58. The summed E-state index contributed by atoms with van der Waals surface area (Å²) in [6.07, 6.45) is 2.66. The molecule has 2 aliphatic heterocycles. The van der Waals surface area contributed by atoms with Crippen LogP contribution in [-0.4, -0.2) is 46.7 Å². The van der Waals surface area contributed by atoms with Gasteiger partial charge in [0.15, 0.2) is 0 Å². The molecule has 1 N–H and O–H groups in total. The van der Waals surface area contributed by atoms with E-state index in [4.69, 9.17) is 4.74 Å². The van der Waals surface area contributed by atoms with Gasteiger partial charge in [-0.05, 0) is 38.5 Å². The quantitative estimate of drug-likeness (QED) is 0.807. The van der Waals surface area contributed by atoms with Gasteiger partial charge >= 0.3 is 5.97 Å². The topological polar surface area (TPSA) is 66.8 Å². The maximum atomic E-state index is 12.5. The lowest BCUT2D eigenvalue weighted by Gasteiger charge is -2.42. The number of carboxylic acid groups (broad SMARTS) is 1. The lowest BCUT2D eigenvalue weighted by Crippen LogP contribution is -2.60. The van der Waals surface area contributed by atoms with Gasteiger partial charge in [-0.1, -0.05) is 6.92 Å². The lowest BCUT2D eigenvalue weighted by molar-refractivity contribution is -0.166. The van der Waals surface area contributed by atoms with Gasteiger partial charge in [-0.2, -0.15) is 0 Å². The third-order valence-corrected chi connectivity index (χ3v) is 4.25. The Hall–Kier alpha value is -1.10. The summed E-state index contributed by atoms with van der Waals surface area (Å²) in [7, 11) is 0. The van der Waals surface area contributed by atoms with Crippen LogP contribution in [0.1, 0.15) is 39.5 Å². The summed E-state index contributed by atoms with van der Waals surface area (Å²) in [5, 5.41) is 9.39. The number of hydrogen-bond acceptors (Lipinski definition) is 3.